The normalized spacial score (nSPS) is 34.2. The summed E-state index contributed by atoms with van der Waals surface area (Å²) >= 11 is 0. The maximum atomic E-state index is 5.82. The highest BCUT2D eigenvalue weighted by Gasteiger charge is 2.32. The SMILES string of the molecule is CC(N)C1CCC(C)(C)C1. The first kappa shape index (κ1) is 8.06. The molecule has 0 heterocycles. The summed E-state index contributed by atoms with van der Waals surface area (Å²) in [5.41, 5.74) is 6.39. The van der Waals surface area contributed by atoms with Gasteiger partial charge in [-0.25, -0.2) is 0 Å². The van der Waals surface area contributed by atoms with Crippen molar-refractivity contribution in [3.05, 3.63) is 0 Å². The molecule has 0 saturated heterocycles. The molecule has 1 aliphatic rings. The molecule has 1 saturated carbocycles. The molecule has 2 unspecified atom stereocenters. The van der Waals surface area contributed by atoms with Crippen LogP contribution >= 0.6 is 0 Å². The van der Waals surface area contributed by atoms with Crippen molar-refractivity contribution in [3.63, 3.8) is 0 Å². The molecule has 1 nitrogen and oxygen atoms in total. The molecule has 60 valence electrons. The fraction of sp³-hybridized carbons (Fsp3) is 1.00. The molecular weight excluding hydrogens is 122 g/mol. The summed E-state index contributed by atoms with van der Waals surface area (Å²) < 4.78 is 0. The molecule has 0 aromatic rings. The predicted molar refractivity (Wildman–Crippen MR) is 44.8 cm³/mol. The molecule has 0 aliphatic heterocycles. The Hall–Kier alpha value is -0.0400. The van der Waals surface area contributed by atoms with Gasteiger partial charge in [0, 0.05) is 6.04 Å². The largest absolute Gasteiger partial charge is 0.328 e. The van der Waals surface area contributed by atoms with Gasteiger partial charge in [0.2, 0.25) is 0 Å². The third-order valence-electron chi connectivity index (χ3n) is 2.75. The van der Waals surface area contributed by atoms with Crippen LogP contribution in [-0.2, 0) is 0 Å². The van der Waals surface area contributed by atoms with Gasteiger partial charge in [-0.3, -0.25) is 0 Å². The Kier molecular flexibility index (Phi) is 2.04. The van der Waals surface area contributed by atoms with Crippen molar-refractivity contribution < 1.29 is 0 Å². The lowest BCUT2D eigenvalue weighted by molar-refractivity contribution is 0.345. The summed E-state index contributed by atoms with van der Waals surface area (Å²) in [6.07, 6.45) is 4.02. The van der Waals surface area contributed by atoms with Crippen LogP contribution in [0.3, 0.4) is 0 Å². The standard InChI is InChI=1S/C9H19N/c1-7(10)8-4-5-9(2,3)6-8/h7-8H,4-6,10H2,1-3H3. The Balaban J connectivity index is 2.43. The molecule has 0 aromatic carbocycles. The van der Waals surface area contributed by atoms with Crippen LogP contribution in [0.2, 0.25) is 0 Å². The minimum absolute atomic E-state index is 0.404. The fourth-order valence-corrected chi connectivity index (χ4v) is 1.94. The Morgan fingerprint density at radius 1 is 1.50 bits per heavy atom. The number of hydrogen-bond acceptors (Lipinski definition) is 1. The Morgan fingerprint density at radius 3 is 2.30 bits per heavy atom. The second-order valence-electron chi connectivity index (χ2n) is 4.53. The van der Waals surface area contributed by atoms with Gasteiger partial charge in [-0.2, -0.15) is 0 Å². The first-order valence-corrected chi connectivity index (χ1v) is 4.27. The summed E-state index contributed by atoms with van der Waals surface area (Å²) in [5.74, 6) is 0.787. The Labute approximate surface area is 64.0 Å². The summed E-state index contributed by atoms with van der Waals surface area (Å²) in [6.45, 7) is 6.82. The first-order valence-electron chi connectivity index (χ1n) is 4.27. The summed E-state index contributed by atoms with van der Waals surface area (Å²) in [7, 11) is 0. The van der Waals surface area contributed by atoms with Gasteiger partial charge in [-0.15, -0.1) is 0 Å². The molecule has 1 heteroatoms. The topological polar surface area (TPSA) is 26.0 Å². The van der Waals surface area contributed by atoms with Crippen LogP contribution in [0.5, 0.6) is 0 Å². The van der Waals surface area contributed by atoms with Crippen molar-refractivity contribution in [2.75, 3.05) is 0 Å². The van der Waals surface area contributed by atoms with Crippen LogP contribution in [-0.4, -0.2) is 6.04 Å². The lowest BCUT2D eigenvalue weighted by atomic mass is 9.89. The van der Waals surface area contributed by atoms with Crippen molar-refractivity contribution >= 4 is 0 Å². The Morgan fingerprint density at radius 2 is 2.10 bits per heavy atom. The summed E-state index contributed by atoms with van der Waals surface area (Å²) in [6, 6.07) is 0.404. The number of rotatable bonds is 1. The van der Waals surface area contributed by atoms with E-state index in [2.05, 4.69) is 20.8 Å². The lowest BCUT2D eigenvalue weighted by Gasteiger charge is -2.18. The van der Waals surface area contributed by atoms with Gasteiger partial charge >= 0.3 is 0 Å². The Bertz CT molecular complexity index is 116. The van der Waals surface area contributed by atoms with E-state index in [-0.39, 0.29) is 0 Å². The fourth-order valence-electron chi connectivity index (χ4n) is 1.94. The average molecular weight is 141 g/mol. The van der Waals surface area contributed by atoms with Gasteiger partial charge < -0.3 is 5.73 Å². The molecule has 0 bridgehead atoms. The van der Waals surface area contributed by atoms with E-state index in [0.717, 1.165) is 5.92 Å². The van der Waals surface area contributed by atoms with Crippen LogP contribution in [0.25, 0.3) is 0 Å². The number of hydrogen-bond donors (Lipinski definition) is 1. The zero-order valence-corrected chi connectivity index (χ0v) is 7.35. The van der Waals surface area contributed by atoms with Crippen LogP contribution < -0.4 is 5.73 Å². The van der Waals surface area contributed by atoms with E-state index in [4.69, 9.17) is 5.73 Å². The molecule has 0 radical (unpaired) electrons. The van der Waals surface area contributed by atoms with Crippen molar-refractivity contribution in [3.8, 4) is 0 Å². The van der Waals surface area contributed by atoms with E-state index < -0.39 is 0 Å². The van der Waals surface area contributed by atoms with Gasteiger partial charge in [0.15, 0.2) is 0 Å². The minimum atomic E-state index is 0.404. The van der Waals surface area contributed by atoms with E-state index in [9.17, 15) is 0 Å². The van der Waals surface area contributed by atoms with Crippen LogP contribution in [0, 0.1) is 11.3 Å². The molecular formula is C9H19N. The number of nitrogens with two attached hydrogens (primary N) is 1. The van der Waals surface area contributed by atoms with E-state index in [1.54, 1.807) is 0 Å². The lowest BCUT2D eigenvalue weighted by Crippen LogP contribution is -2.25. The van der Waals surface area contributed by atoms with E-state index >= 15 is 0 Å². The van der Waals surface area contributed by atoms with Gasteiger partial charge in [-0.1, -0.05) is 13.8 Å². The molecule has 0 spiro atoms. The quantitative estimate of drug-likeness (QED) is 0.595. The molecule has 2 atom stereocenters. The van der Waals surface area contributed by atoms with Crippen LogP contribution in [0.15, 0.2) is 0 Å². The van der Waals surface area contributed by atoms with E-state index in [1.165, 1.54) is 19.3 Å². The maximum Gasteiger partial charge on any atom is 0.00389 e. The van der Waals surface area contributed by atoms with E-state index in [1.807, 2.05) is 0 Å². The van der Waals surface area contributed by atoms with Gasteiger partial charge in [0.1, 0.15) is 0 Å². The molecule has 0 aromatic heterocycles. The summed E-state index contributed by atoms with van der Waals surface area (Å²) in [5, 5.41) is 0. The van der Waals surface area contributed by atoms with Crippen molar-refractivity contribution in [1.82, 2.24) is 0 Å². The predicted octanol–water partition coefficient (Wildman–Crippen LogP) is 2.16. The molecule has 1 fully saturated rings. The molecule has 10 heavy (non-hydrogen) atoms. The van der Waals surface area contributed by atoms with Gasteiger partial charge in [-0.05, 0) is 37.5 Å². The zero-order valence-electron chi connectivity index (χ0n) is 7.35. The highest BCUT2D eigenvalue weighted by atomic mass is 14.6. The average Bonchev–Trinajstić information content (AvgIpc) is 2.10. The second-order valence-corrected chi connectivity index (χ2v) is 4.53. The smallest absolute Gasteiger partial charge is 0.00389 e. The molecule has 0 amide bonds. The maximum absolute atomic E-state index is 5.82. The van der Waals surface area contributed by atoms with Gasteiger partial charge in [0.05, 0.1) is 0 Å². The third-order valence-corrected chi connectivity index (χ3v) is 2.75. The highest BCUT2D eigenvalue weighted by Crippen LogP contribution is 2.41. The van der Waals surface area contributed by atoms with Crippen molar-refractivity contribution in [2.24, 2.45) is 17.1 Å². The molecule has 2 N–H and O–H groups in total. The first-order chi connectivity index (χ1) is 4.51. The third kappa shape index (κ3) is 1.72. The van der Waals surface area contributed by atoms with Crippen molar-refractivity contribution in [1.29, 1.82) is 0 Å². The zero-order chi connectivity index (χ0) is 7.78. The minimum Gasteiger partial charge on any atom is -0.328 e. The second kappa shape index (κ2) is 2.54. The molecule has 1 aliphatic carbocycles. The van der Waals surface area contributed by atoms with Crippen LogP contribution in [0.4, 0.5) is 0 Å². The highest BCUT2D eigenvalue weighted by molar-refractivity contribution is 4.85. The monoisotopic (exact) mass is 141 g/mol. The van der Waals surface area contributed by atoms with E-state index in [0.29, 0.717) is 11.5 Å². The molecule has 1 rings (SSSR count). The summed E-state index contributed by atoms with van der Waals surface area (Å²) in [4.78, 5) is 0. The van der Waals surface area contributed by atoms with Crippen molar-refractivity contribution in [2.45, 2.75) is 46.1 Å². The van der Waals surface area contributed by atoms with Gasteiger partial charge in [0.25, 0.3) is 0 Å². The van der Waals surface area contributed by atoms with Crippen LogP contribution in [0.1, 0.15) is 40.0 Å².